The molecule has 8 unspecified atom stereocenters. The molecule has 0 aromatic carbocycles. The van der Waals surface area contributed by atoms with Gasteiger partial charge in [-0.15, -0.1) is 0 Å². The molecule has 86 heavy (non-hydrogen) atoms. The quantitative estimate of drug-likeness (QED) is 0.0400. The van der Waals surface area contributed by atoms with Crippen LogP contribution in [0.1, 0.15) is 56.2 Å². The van der Waals surface area contributed by atoms with Crippen LogP contribution < -0.4 is 59.3 Å². The molecule has 47 heteroatoms. The molecule has 0 saturated carbocycles. The van der Waals surface area contributed by atoms with Gasteiger partial charge in [0, 0.05) is 43.6 Å². The number of aromatic nitrogens is 12. The van der Waals surface area contributed by atoms with Crippen molar-refractivity contribution in [3.05, 3.63) is 84.7 Å². The lowest BCUT2D eigenvalue weighted by molar-refractivity contribution is -0.224. The second-order valence-corrected chi connectivity index (χ2v) is 23.4. The Bertz CT molecular complexity index is 3790. The number of phosphoric acid groups is 4. The molecule has 43 nitrogen and oxygen atoms in total. The van der Waals surface area contributed by atoms with Crippen LogP contribution in [-0.4, -0.2) is 173 Å². The van der Waals surface area contributed by atoms with Crippen molar-refractivity contribution in [2.24, 2.45) is 0 Å². The summed E-state index contributed by atoms with van der Waals surface area (Å²) in [5.74, 6) is 0.169. The van der Waals surface area contributed by atoms with E-state index < -0.39 is 154 Å². The summed E-state index contributed by atoms with van der Waals surface area (Å²) in [5.41, 5.74) is 15.5. The molecule has 16 atom stereocenters. The van der Waals surface area contributed by atoms with Crippen LogP contribution in [0.25, 0.3) is 22.3 Å². The SMILES string of the molecule is Cc1cn([C@H]2CC(O)[C@@H](COP(=O)([O-])O)O2)c(=O)[nH]c1=O.Nc1ccn([C@H]2CC(O)[C@@H](COP(=O)([O-])O)O2)c(=O)n1.Nc1nc2c(ncn2[C@H]2CC(O)[C@@H](COP(=O)([O-])O)O2)c(=O)[nH]1.Nc1ncnc2c1ncn2[C@H]1CC(O)[C@@H](COP(=O)([O-])O)O1. The zero-order valence-corrected chi connectivity index (χ0v) is 47.4. The number of hydrogen-bond acceptors (Lipinski definition) is 33. The highest BCUT2D eigenvalue weighted by Crippen LogP contribution is 2.39. The van der Waals surface area contributed by atoms with Crippen LogP contribution in [0.3, 0.4) is 0 Å². The van der Waals surface area contributed by atoms with Gasteiger partial charge in [0.1, 0.15) is 67.0 Å². The van der Waals surface area contributed by atoms with Gasteiger partial charge in [0.05, 0.1) is 63.5 Å². The summed E-state index contributed by atoms with van der Waals surface area (Å²) in [4.78, 5) is 150. The predicted molar refractivity (Wildman–Crippen MR) is 273 cm³/mol. The number of rotatable bonds is 16. The first-order valence-electron chi connectivity index (χ1n) is 24.4. The fourth-order valence-electron chi connectivity index (χ4n) is 8.49. The molecule has 6 aromatic rings. The Kier molecular flexibility index (Phi) is 21.6. The molecule has 16 N–H and O–H groups in total. The number of imidazole rings is 2. The van der Waals surface area contributed by atoms with Gasteiger partial charge in [0.25, 0.3) is 42.4 Å². The highest BCUT2D eigenvalue weighted by atomic mass is 31.2. The fraction of sp³-hybridized carbons (Fsp3) is 0.538. The molecule has 0 bridgehead atoms. The predicted octanol–water partition coefficient (Wildman–Crippen LogP) is -7.72. The summed E-state index contributed by atoms with van der Waals surface area (Å²) in [7, 11) is -19.6. The highest BCUT2D eigenvalue weighted by Gasteiger charge is 2.40. The maximum absolute atomic E-state index is 11.7. The molecule has 4 aliphatic rings. The van der Waals surface area contributed by atoms with Crippen LogP contribution in [0, 0.1) is 6.92 Å². The number of nitrogens with two attached hydrogens (primary N) is 3. The first-order chi connectivity index (χ1) is 40.0. The highest BCUT2D eigenvalue weighted by molar-refractivity contribution is 7.45. The van der Waals surface area contributed by atoms with Crippen LogP contribution in [-0.2, 0) is 55.3 Å². The van der Waals surface area contributed by atoms with Crippen molar-refractivity contribution in [2.75, 3.05) is 43.6 Å². The number of aliphatic hydroxyl groups excluding tert-OH is 4. The Morgan fingerprint density at radius 2 is 0.977 bits per heavy atom. The molecule has 10 rings (SSSR count). The van der Waals surface area contributed by atoms with Gasteiger partial charge >= 0.3 is 11.4 Å². The molecule has 6 aromatic heterocycles. The Morgan fingerprint density at radius 3 is 1.41 bits per heavy atom. The van der Waals surface area contributed by atoms with Crippen molar-refractivity contribution >= 4 is 71.2 Å². The van der Waals surface area contributed by atoms with E-state index in [2.05, 4.69) is 58.0 Å². The number of nitrogens with one attached hydrogen (secondary N) is 2. The summed E-state index contributed by atoms with van der Waals surface area (Å²) in [6, 6.07) is 1.39. The smallest absolute Gasteiger partial charge is 0.351 e. The number of nitrogens with zero attached hydrogens (tertiary/aromatic N) is 10. The molecule has 0 amide bonds. The summed E-state index contributed by atoms with van der Waals surface area (Å²) in [6.45, 7) is -0.658. The summed E-state index contributed by atoms with van der Waals surface area (Å²) < 4.78 is 85.8. The molecular formula is C39H53N15O28P4-4. The Balaban J connectivity index is 0.000000164. The van der Waals surface area contributed by atoms with Gasteiger partial charge in [-0.05, 0) is 13.0 Å². The monoisotopic (exact) mass is 1300 g/mol. The lowest BCUT2D eigenvalue weighted by Gasteiger charge is -2.20. The van der Waals surface area contributed by atoms with Gasteiger partial charge in [0.15, 0.2) is 22.6 Å². The van der Waals surface area contributed by atoms with E-state index in [1.807, 2.05) is 0 Å². The van der Waals surface area contributed by atoms with E-state index in [9.17, 15) is 77.4 Å². The largest absolute Gasteiger partial charge is 0.756 e. The van der Waals surface area contributed by atoms with Crippen molar-refractivity contribution in [3.8, 4) is 0 Å². The number of H-pyrrole nitrogens is 2. The zero-order chi connectivity index (χ0) is 63.4. The molecule has 10 heterocycles. The third-order valence-corrected chi connectivity index (χ3v) is 14.4. The van der Waals surface area contributed by atoms with Crippen molar-refractivity contribution < 1.29 is 115 Å². The number of aromatic amines is 2. The third-order valence-electron chi connectivity index (χ3n) is 12.5. The minimum Gasteiger partial charge on any atom is -0.756 e. The van der Waals surface area contributed by atoms with Crippen molar-refractivity contribution in [1.82, 2.24) is 58.1 Å². The molecule has 0 radical (unpaired) electrons. The fourth-order valence-corrected chi connectivity index (χ4v) is 9.84. The van der Waals surface area contributed by atoms with E-state index in [4.69, 9.17) is 55.7 Å². The number of aryl methyl sites for hydroxylation is 1. The van der Waals surface area contributed by atoms with E-state index in [0.717, 1.165) is 9.13 Å². The van der Waals surface area contributed by atoms with Gasteiger partial charge < -0.3 is 114 Å². The summed E-state index contributed by atoms with van der Waals surface area (Å²) in [6.07, 6.45) is -4.09. The molecule has 4 fully saturated rings. The average Bonchev–Trinajstić information content (AvgIpc) is 2.69. The number of aliphatic hydroxyl groups is 4. The lowest BCUT2D eigenvalue weighted by atomic mass is 10.2. The van der Waals surface area contributed by atoms with Crippen LogP contribution in [0.4, 0.5) is 17.6 Å². The van der Waals surface area contributed by atoms with Crippen LogP contribution in [0.15, 0.2) is 56.6 Å². The number of fused-ring (bicyclic) bond motifs is 2. The molecule has 0 spiro atoms. The van der Waals surface area contributed by atoms with Crippen LogP contribution >= 0.6 is 31.3 Å². The van der Waals surface area contributed by atoms with Crippen molar-refractivity contribution in [1.29, 1.82) is 0 Å². The molecular weight excluding hydrogens is 1250 g/mol. The van der Waals surface area contributed by atoms with Gasteiger partial charge in [0.2, 0.25) is 5.95 Å². The average molecular weight is 1300 g/mol. The van der Waals surface area contributed by atoms with E-state index in [1.165, 1.54) is 48.9 Å². The normalized spacial score (nSPS) is 28.2. The number of ether oxygens (including phenoxy) is 4. The summed E-state index contributed by atoms with van der Waals surface area (Å²) in [5, 5.41) is 39.3. The van der Waals surface area contributed by atoms with Gasteiger partial charge in [-0.3, -0.25) is 56.1 Å². The maximum Gasteiger partial charge on any atom is 0.351 e. The standard InChI is InChI=1S/C10H14N5O7P.C10H14N5O6P.C10H15N2O8P.C9H14N3O7P/c11-10-13-8-7(9(17)14-10)12-3-15(8)6-1-4(16)5(22-6)2-21-23(18,19)20;11-9-8-10(13-3-12-9)15(4-14-8)7-1-5(16)6(21-7)2-20-22(17,18)19;1-5-3-12(10(15)11-9(5)14)8-2-6(13)7(20-8)4-19-21(16,17)18;10-7-1-2-12(9(14)11-7)8-3-5(13)6(19-8)4-18-20(15,16)17/h3-6,16H,1-2H2,(H2,18,19,20)(H3,11,13,14,17);3-7,16H,1-2H2,(H2,11,12,13)(H2,17,18,19);3,6-8,13H,2,4H2,1H3,(H,11,14,15)(H2,16,17,18);1-2,5-6,8,13H,3-4H2,(H2,10,11,14)(H2,15,16,17)/p-4/t4?,5-,6-;5?,6-,7-;6?,7-,8-;5?,6-,8-/m1111/s1. The van der Waals surface area contributed by atoms with Crippen LogP contribution in [0.2, 0.25) is 0 Å². The Labute approximate surface area is 477 Å². The number of nitrogen functional groups attached to an aromatic ring is 3. The molecule has 4 aliphatic heterocycles. The van der Waals surface area contributed by atoms with E-state index in [1.54, 1.807) is 4.57 Å². The second-order valence-electron chi connectivity index (χ2n) is 18.7. The molecule has 4 saturated heterocycles. The first-order valence-corrected chi connectivity index (χ1v) is 30.4. The Morgan fingerprint density at radius 1 is 0.570 bits per heavy atom. The molecule has 476 valence electrons. The zero-order valence-electron chi connectivity index (χ0n) is 43.8. The topological polar surface area (TPSA) is 671 Å². The van der Waals surface area contributed by atoms with Crippen molar-refractivity contribution in [3.63, 3.8) is 0 Å². The third kappa shape index (κ3) is 18.3. The minimum absolute atomic E-state index is 0.00794. The van der Waals surface area contributed by atoms with Gasteiger partial charge in [-0.1, -0.05) is 0 Å². The Hall–Kier alpha value is -6.02. The molecule has 0 aliphatic carbocycles. The summed E-state index contributed by atoms with van der Waals surface area (Å²) >= 11 is 0. The number of hydrogen-bond donors (Lipinski definition) is 13. The number of anilines is 3. The van der Waals surface area contributed by atoms with Crippen molar-refractivity contribution in [2.45, 2.75) is 106 Å². The maximum atomic E-state index is 11.7. The van der Waals surface area contributed by atoms with Gasteiger partial charge in [-0.25, -0.2) is 29.5 Å². The van der Waals surface area contributed by atoms with E-state index >= 15 is 0 Å². The second kappa shape index (κ2) is 27.6. The minimum atomic E-state index is -4.92. The van der Waals surface area contributed by atoms with Crippen LogP contribution in [0.5, 0.6) is 0 Å². The first kappa shape index (κ1) is 67.5. The van der Waals surface area contributed by atoms with E-state index in [0.29, 0.717) is 11.2 Å². The van der Waals surface area contributed by atoms with Gasteiger partial charge in [-0.2, -0.15) is 9.97 Å². The number of phosphoric ester groups is 4. The lowest BCUT2D eigenvalue weighted by Crippen LogP contribution is -2.33. The van der Waals surface area contributed by atoms with E-state index in [-0.39, 0.29) is 60.0 Å².